The molecule has 0 aliphatic carbocycles. The van der Waals surface area contributed by atoms with E-state index in [0.29, 0.717) is 0 Å². The molecule has 0 aliphatic rings. The zero-order valence-corrected chi connectivity index (χ0v) is 13.3. The summed E-state index contributed by atoms with van der Waals surface area (Å²) in [6, 6.07) is 9.50. The lowest BCUT2D eigenvalue weighted by Crippen LogP contribution is -1.58. The monoisotopic (exact) mass is 322 g/mol. The van der Waals surface area contributed by atoms with Crippen LogP contribution in [0.15, 0.2) is 35.3 Å². The number of isothiocyanates is 1. The normalized spacial score (nSPS) is 3.60. The van der Waals surface area contributed by atoms with E-state index in [0.717, 1.165) is 5.69 Å². The summed E-state index contributed by atoms with van der Waals surface area (Å²) in [5.41, 5.74) is 0.854. The van der Waals surface area contributed by atoms with Gasteiger partial charge in [-0.15, -0.1) is 0 Å². The van der Waals surface area contributed by atoms with Gasteiger partial charge in [-0.3, -0.25) is 0 Å². The molecule has 0 aliphatic heterocycles. The van der Waals surface area contributed by atoms with E-state index >= 15 is 0 Å². The first-order valence-electron chi connectivity index (χ1n) is 2.56. The SMILES string of the molecule is N.N.N.N.N.N.N.N.N.N.N.S=C=Nc1ccccc1. The third-order valence-corrected chi connectivity index (χ3v) is 1.02. The summed E-state index contributed by atoms with van der Waals surface area (Å²) in [5.74, 6) is 0. The second-order valence-corrected chi connectivity index (χ2v) is 1.72. The highest BCUT2D eigenvalue weighted by Crippen LogP contribution is 2.07. The largest absolute Gasteiger partial charge is 0.344 e. The maximum Gasteiger partial charge on any atom is 0.0739 e. The zero-order valence-electron chi connectivity index (χ0n) is 12.5. The summed E-state index contributed by atoms with van der Waals surface area (Å²) < 4.78 is 0. The molecule has 1 rings (SSSR count). The van der Waals surface area contributed by atoms with Crippen molar-refractivity contribution in [1.29, 1.82) is 0 Å². The molecule has 0 saturated heterocycles. The molecule has 0 atom stereocenters. The summed E-state index contributed by atoms with van der Waals surface area (Å²) in [6.45, 7) is 0. The minimum atomic E-state index is 0. The van der Waals surface area contributed by atoms with Crippen molar-refractivity contribution >= 4 is 23.1 Å². The molecule has 0 saturated carbocycles. The van der Waals surface area contributed by atoms with Crippen molar-refractivity contribution in [3.05, 3.63) is 30.3 Å². The van der Waals surface area contributed by atoms with Crippen molar-refractivity contribution in [3.63, 3.8) is 0 Å². The van der Waals surface area contributed by atoms with Crippen LogP contribution in [0.3, 0.4) is 0 Å². The van der Waals surface area contributed by atoms with Crippen LogP contribution in [0, 0.1) is 0 Å². The van der Waals surface area contributed by atoms with Gasteiger partial charge in [0.2, 0.25) is 0 Å². The highest BCUT2D eigenvalue weighted by Gasteiger charge is 1.79. The molecule has 1 aromatic carbocycles. The van der Waals surface area contributed by atoms with Crippen LogP contribution in [-0.4, -0.2) is 5.16 Å². The predicted octanol–water partition coefficient (Wildman–Crippen LogP) is 4.20. The predicted molar refractivity (Wildman–Crippen MR) is 96.4 cm³/mol. The Labute approximate surface area is 127 Å². The van der Waals surface area contributed by atoms with Gasteiger partial charge in [-0.05, 0) is 24.4 Å². The number of hydrogen-bond acceptors (Lipinski definition) is 13. The molecule has 12 nitrogen and oxygen atoms in total. The number of thiocarbonyl (C=S) groups is 1. The molecule has 0 heterocycles. The van der Waals surface area contributed by atoms with Crippen LogP contribution in [-0.2, 0) is 0 Å². The first kappa shape index (κ1) is 99.9. The number of nitrogens with zero attached hydrogens (tertiary/aromatic N) is 1. The average Bonchev–Trinajstić information content (AvgIpc) is 1.91. The van der Waals surface area contributed by atoms with E-state index in [9.17, 15) is 0 Å². The van der Waals surface area contributed by atoms with E-state index in [1.165, 1.54) is 0 Å². The highest BCUT2D eigenvalue weighted by atomic mass is 32.1. The van der Waals surface area contributed by atoms with Gasteiger partial charge in [0.05, 0.1) is 10.8 Å². The summed E-state index contributed by atoms with van der Waals surface area (Å²) in [6.07, 6.45) is 0. The van der Waals surface area contributed by atoms with Gasteiger partial charge in [0.15, 0.2) is 0 Å². The molecule has 132 valence electrons. The van der Waals surface area contributed by atoms with Gasteiger partial charge in [0.1, 0.15) is 0 Å². The maximum atomic E-state index is 4.42. The molecule has 0 spiro atoms. The lowest BCUT2D eigenvalue weighted by Gasteiger charge is -1.83. The first-order valence-corrected chi connectivity index (χ1v) is 2.97. The van der Waals surface area contributed by atoms with Crippen LogP contribution in [0.1, 0.15) is 0 Å². The Balaban J connectivity index is -0.00000000818. The van der Waals surface area contributed by atoms with E-state index in [1.807, 2.05) is 30.3 Å². The van der Waals surface area contributed by atoms with E-state index < -0.39 is 0 Å². The summed E-state index contributed by atoms with van der Waals surface area (Å²) in [7, 11) is 0. The van der Waals surface area contributed by atoms with Crippen LogP contribution in [0.2, 0.25) is 0 Å². The average molecular weight is 323 g/mol. The van der Waals surface area contributed by atoms with Gasteiger partial charge in [0, 0.05) is 0 Å². The summed E-state index contributed by atoms with van der Waals surface area (Å²) in [4.78, 5) is 3.77. The Bertz CT molecular complexity index is 239. The molecular formula is C7H38N12S. The van der Waals surface area contributed by atoms with E-state index in [4.69, 9.17) is 0 Å². The van der Waals surface area contributed by atoms with Crippen LogP contribution in [0.4, 0.5) is 5.69 Å². The van der Waals surface area contributed by atoms with Crippen molar-refractivity contribution < 1.29 is 0 Å². The van der Waals surface area contributed by atoms with Crippen LogP contribution in [0.25, 0.3) is 0 Å². The van der Waals surface area contributed by atoms with Gasteiger partial charge in [0.25, 0.3) is 0 Å². The number of hydrogen-bond donors (Lipinski definition) is 11. The van der Waals surface area contributed by atoms with Gasteiger partial charge in [-0.1, -0.05) is 18.2 Å². The second kappa shape index (κ2) is 65.6. The highest BCUT2D eigenvalue weighted by molar-refractivity contribution is 7.78. The van der Waals surface area contributed by atoms with Crippen LogP contribution >= 0.6 is 12.2 Å². The molecular weight excluding hydrogens is 284 g/mol. The van der Waals surface area contributed by atoms with Crippen LogP contribution < -0.4 is 67.7 Å². The molecule has 0 radical (unpaired) electrons. The summed E-state index contributed by atoms with van der Waals surface area (Å²) in [5, 5.41) is 2.29. The topological polar surface area (TPSA) is 397 Å². The van der Waals surface area contributed by atoms with Crippen molar-refractivity contribution in [1.82, 2.24) is 67.7 Å². The van der Waals surface area contributed by atoms with Crippen LogP contribution in [0.5, 0.6) is 0 Å². The number of benzene rings is 1. The Morgan fingerprint density at radius 2 is 0.900 bits per heavy atom. The maximum absolute atomic E-state index is 4.42. The zero-order chi connectivity index (χ0) is 6.53. The smallest absolute Gasteiger partial charge is 0.0739 e. The van der Waals surface area contributed by atoms with Crippen molar-refractivity contribution in [2.45, 2.75) is 0 Å². The molecule has 0 amide bonds. The third-order valence-electron chi connectivity index (χ3n) is 0.931. The number of aliphatic imine (C=N–C) groups is 1. The lowest BCUT2D eigenvalue weighted by atomic mass is 10.3. The second-order valence-electron chi connectivity index (χ2n) is 1.54. The van der Waals surface area contributed by atoms with E-state index in [-0.39, 0.29) is 67.7 Å². The van der Waals surface area contributed by atoms with Gasteiger partial charge < -0.3 is 67.7 Å². The van der Waals surface area contributed by atoms with Gasteiger partial charge in [-0.25, -0.2) is 0 Å². The Kier molecular flexibility index (Phi) is 328. The molecule has 0 unspecified atom stereocenters. The Morgan fingerprint density at radius 3 is 1.15 bits per heavy atom. The lowest BCUT2D eigenvalue weighted by molar-refractivity contribution is 1.55. The van der Waals surface area contributed by atoms with Gasteiger partial charge in [-0.2, -0.15) is 4.99 Å². The molecule has 0 fully saturated rings. The molecule has 0 bridgehead atoms. The number of para-hydroxylation sites is 1. The third kappa shape index (κ3) is 43.9. The Morgan fingerprint density at radius 1 is 0.600 bits per heavy atom. The first-order chi connectivity index (χ1) is 4.43. The fourth-order valence-electron chi connectivity index (χ4n) is 0.555. The molecule has 1 aromatic rings. The standard InChI is InChI=1S/C7H5NS.11H3N/c9-6-8-7-4-2-1-3-5-7;;;;;;;;;;;/h1-5H;11*1H3. The minimum Gasteiger partial charge on any atom is -0.344 e. The quantitative estimate of drug-likeness (QED) is 0.255. The Hall–Kier alpha value is -1.42. The minimum absolute atomic E-state index is 0. The molecule has 20 heavy (non-hydrogen) atoms. The van der Waals surface area contributed by atoms with Crippen molar-refractivity contribution in [2.75, 3.05) is 0 Å². The number of rotatable bonds is 1. The molecule has 33 N–H and O–H groups in total. The van der Waals surface area contributed by atoms with Gasteiger partial charge >= 0.3 is 0 Å². The fourth-order valence-corrected chi connectivity index (χ4v) is 0.661. The van der Waals surface area contributed by atoms with E-state index in [2.05, 4.69) is 22.4 Å². The summed E-state index contributed by atoms with van der Waals surface area (Å²) >= 11 is 4.42. The molecule has 0 aromatic heterocycles. The van der Waals surface area contributed by atoms with Crippen molar-refractivity contribution in [3.8, 4) is 0 Å². The fraction of sp³-hybridized carbons (Fsp3) is 0. The van der Waals surface area contributed by atoms with E-state index in [1.54, 1.807) is 0 Å². The van der Waals surface area contributed by atoms with Crippen molar-refractivity contribution in [2.24, 2.45) is 4.99 Å². The molecule has 13 heteroatoms.